The fourth-order valence-corrected chi connectivity index (χ4v) is 0.533. The fraction of sp³-hybridized carbons (Fsp3) is 0.167. The van der Waals surface area contributed by atoms with Crippen LogP contribution in [0.2, 0.25) is 0 Å². The van der Waals surface area contributed by atoms with Crippen LogP contribution in [0.5, 0.6) is 0 Å². The molecule has 0 unspecified atom stereocenters. The van der Waals surface area contributed by atoms with Gasteiger partial charge in [-0.25, -0.2) is 0 Å². The summed E-state index contributed by atoms with van der Waals surface area (Å²) >= 11 is 3.58. The van der Waals surface area contributed by atoms with E-state index in [-0.39, 0.29) is 5.24 Å². The molecule has 0 fully saturated rings. The molecule has 50 valence electrons. The molecule has 0 rings (SSSR count). The number of hydrogen-bond donors (Lipinski definition) is 1. The Morgan fingerprint density at radius 3 is 2.33 bits per heavy atom. The highest BCUT2D eigenvalue weighted by Crippen LogP contribution is 1.94. The highest BCUT2D eigenvalue weighted by atomic mass is 32.1. The maximum absolute atomic E-state index is 10.4. The molecule has 0 bridgehead atoms. The van der Waals surface area contributed by atoms with Crippen LogP contribution in [0.3, 0.4) is 0 Å². The summed E-state index contributed by atoms with van der Waals surface area (Å²) in [7, 11) is 0. The molecule has 0 N–H and O–H groups in total. The minimum atomic E-state index is -0.315. The summed E-state index contributed by atoms with van der Waals surface area (Å²) < 4.78 is 0. The van der Waals surface area contributed by atoms with E-state index in [1.165, 1.54) is 11.1 Å². The van der Waals surface area contributed by atoms with Gasteiger partial charge in [0, 0.05) is 12.7 Å². The summed E-state index contributed by atoms with van der Waals surface area (Å²) in [6.07, 6.45) is 3.02. The van der Waals surface area contributed by atoms with Crippen LogP contribution in [0, 0.1) is 0 Å². The molecule has 0 saturated carbocycles. The number of rotatable bonds is 3. The number of amides is 1. The molecule has 9 heavy (non-hydrogen) atoms. The second kappa shape index (κ2) is 4.21. The minimum Gasteiger partial charge on any atom is -0.307 e. The average molecular weight is 143 g/mol. The molecule has 2 nitrogen and oxygen atoms in total. The zero-order valence-corrected chi connectivity index (χ0v) is 5.97. The molecule has 0 aliphatic heterocycles. The summed E-state index contributed by atoms with van der Waals surface area (Å²) in [4.78, 5) is 11.8. The summed E-state index contributed by atoms with van der Waals surface area (Å²) in [5.74, 6) is 0. The quantitative estimate of drug-likeness (QED) is 0.470. The molecule has 1 amide bonds. The number of thiol groups is 1. The van der Waals surface area contributed by atoms with Crippen LogP contribution in [-0.2, 0) is 0 Å². The molecule has 0 radical (unpaired) electrons. The molecule has 0 spiro atoms. The number of hydrogen-bond acceptors (Lipinski definition) is 1. The first-order valence-electron chi connectivity index (χ1n) is 2.45. The fourth-order valence-electron chi connectivity index (χ4n) is 0.370. The van der Waals surface area contributed by atoms with Gasteiger partial charge in [-0.3, -0.25) is 4.79 Å². The smallest absolute Gasteiger partial charge is 0.282 e. The van der Waals surface area contributed by atoms with Gasteiger partial charge in [-0.2, -0.15) is 0 Å². The third-order valence-corrected chi connectivity index (χ3v) is 1.05. The second-order valence-electron chi connectivity index (χ2n) is 1.41. The van der Waals surface area contributed by atoms with Crippen molar-refractivity contribution in [1.82, 2.24) is 4.90 Å². The van der Waals surface area contributed by atoms with E-state index in [0.717, 1.165) is 0 Å². The van der Waals surface area contributed by atoms with E-state index in [1.54, 1.807) is 6.08 Å². The Hall–Kier alpha value is -0.700. The van der Waals surface area contributed by atoms with Gasteiger partial charge in [-0.05, 0) is 0 Å². The SMILES string of the molecule is C=CCN(C=C)C(=O)S. The van der Waals surface area contributed by atoms with E-state index in [1.807, 2.05) is 0 Å². The van der Waals surface area contributed by atoms with Gasteiger partial charge in [0.2, 0.25) is 0 Å². The van der Waals surface area contributed by atoms with Gasteiger partial charge < -0.3 is 4.90 Å². The maximum Gasteiger partial charge on any atom is 0.282 e. The van der Waals surface area contributed by atoms with Crippen molar-refractivity contribution in [1.29, 1.82) is 0 Å². The number of carbonyl (C=O) groups excluding carboxylic acids is 1. The highest BCUT2D eigenvalue weighted by molar-refractivity contribution is 7.96. The first-order valence-corrected chi connectivity index (χ1v) is 2.90. The van der Waals surface area contributed by atoms with Crippen LogP contribution in [-0.4, -0.2) is 16.7 Å². The Bertz CT molecular complexity index is 133. The predicted octanol–water partition coefficient (Wildman–Crippen LogP) is 1.67. The molecule has 3 heteroatoms. The van der Waals surface area contributed by atoms with E-state index in [0.29, 0.717) is 6.54 Å². The van der Waals surface area contributed by atoms with Crippen molar-refractivity contribution in [2.24, 2.45) is 0 Å². The van der Waals surface area contributed by atoms with Crippen LogP contribution in [0.1, 0.15) is 0 Å². The third-order valence-electron chi connectivity index (χ3n) is 0.792. The Labute approximate surface area is 60.3 Å². The first kappa shape index (κ1) is 8.30. The Morgan fingerprint density at radius 1 is 1.67 bits per heavy atom. The second-order valence-corrected chi connectivity index (χ2v) is 1.79. The van der Waals surface area contributed by atoms with E-state index in [4.69, 9.17) is 0 Å². The van der Waals surface area contributed by atoms with Crippen molar-refractivity contribution >= 4 is 17.9 Å². The minimum absolute atomic E-state index is 0.315. The number of carbonyl (C=O) groups is 1. The van der Waals surface area contributed by atoms with Crippen LogP contribution < -0.4 is 0 Å². The zero-order chi connectivity index (χ0) is 7.28. The van der Waals surface area contributed by atoms with Crippen LogP contribution in [0.15, 0.2) is 25.4 Å². The van der Waals surface area contributed by atoms with Crippen molar-refractivity contribution in [3.05, 3.63) is 25.4 Å². The molecule has 0 atom stereocenters. The molecular formula is C6H9NOS. The highest BCUT2D eigenvalue weighted by Gasteiger charge is 1.99. The van der Waals surface area contributed by atoms with Gasteiger partial charge in [-0.1, -0.05) is 25.3 Å². The van der Waals surface area contributed by atoms with Crippen molar-refractivity contribution < 1.29 is 4.79 Å². The van der Waals surface area contributed by atoms with E-state index >= 15 is 0 Å². The molecule has 0 saturated heterocycles. The van der Waals surface area contributed by atoms with E-state index < -0.39 is 0 Å². The Morgan fingerprint density at radius 2 is 2.22 bits per heavy atom. The summed E-state index contributed by atoms with van der Waals surface area (Å²) in [6.45, 7) is 7.33. The standard InChI is InChI=1S/C6H9NOS/c1-3-5-7(4-2)6(8)9/h3-4H,1-2,5H2,(H,8,9). The monoisotopic (exact) mass is 143 g/mol. The predicted molar refractivity (Wildman–Crippen MR) is 41.5 cm³/mol. The zero-order valence-electron chi connectivity index (χ0n) is 5.08. The van der Waals surface area contributed by atoms with Gasteiger partial charge in [0.25, 0.3) is 5.24 Å². The van der Waals surface area contributed by atoms with Gasteiger partial charge in [0.15, 0.2) is 0 Å². The Kier molecular flexibility index (Phi) is 3.88. The summed E-state index contributed by atoms with van der Waals surface area (Å²) in [5, 5.41) is -0.315. The van der Waals surface area contributed by atoms with Crippen molar-refractivity contribution in [2.45, 2.75) is 0 Å². The largest absolute Gasteiger partial charge is 0.307 e. The van der Waals surface area contributed by atoms with Gasteiger partial charge in [-0.15, -0.1) is 6.58 Å². The van der Waals surface area contributed by atoms with Crippen LogP contribution in [0.25, 0.3) is 0 Å². The van der Waals surface area contributed by atoms with Crippen molar-refractivity contribution in [3.8, 4) is 0 Å². The van der Waals surface area contributed by atoms with Crippen LogP contribution >= 0.6 is 12.6 Å². The summed E-state index contributed by atoms with van der Waals surface area (Å²) in [6, 6.07) is 0. The van der Waals surface area contributed by atoms with Crippen molar-refractivity contribution in [3.63, 3.8) is 0 Å². The van der Waals surface area contributed by atoms with Crippen molar-refractivity contribution in [2.75, 3.05) is 6.54 Å². The summed E-state index contributed by atoms with van der Waals surface area (Å²) in [5.41, 5.74) is 0. The Balaban J connectivity index is 3.81. The van der Waals surface area contributed by atoms with Gasteiger partial charge >= 0.3 is 0 Å². The molecular weight excluding hydrogens is 134 g/mol. The normalized spacial score (nSPS) is 8.11. The lowest BCUT2D eigenvalue weighted by atomic mass is 10.6. The molecule has 0 aliphatic rings. The molecule has 0 aromatic heterocycles. The lowest BCUT2D eigenvalue weighted by Gasteiger charge is -2.10. The maximum atomic E-state index is 10.4. The van der Waals surface area contributed by atoms with E-state index in [2.05, 4.69) is 25.8 Å². The van der Waals surface area contributed by atoms with Crippen LogP contribution in [0.4, 0.5) is 4.79 Å². The molecule has 0 aromatic rings. The lowest BCUT2D eigenvalue weighted by Crippen LogP contribution is -2.18. The third kappa shape index (κ3) is 2.98. The lowest BCUT2D eigenvalue weighted by molar-refractivity contribution is 0.243. The first-order chi connectivity index (χ1) is 4.22. The van der Waals surface area contributed by atoms with E-state index in [9.17, 15) is 4.79 Å². The average Bonchev–Trinajstić information content (AvgIpc) is 1.82. The molecule has 0 aliphatic carbocycles. The topological polar surface area (TPSA) is 20.3 Å². The number of nitrogens with zero attached hydrogens (tertiary/aromatic N) is 1. The molecule has 0 heterocycles. The van der Waals surface area contributed by atoms with Gasteiger partial charge in [0.05, 0.1) is 0 Å². The molecule has 0 aromatic carbocycles. The van der Waals surface area contributed by atoms with Gasteiger partial charge in [0.1, 0.15) is 0 Å².